The van der Waals surface area contributed by atoms with Crippen molar-refractivity contribution in [3.8, 4) is 5.75 Å². The fourth-order valence-corrected chi connectivity index (χ4v) is 2.69. The van der Waals surface area contributed by atoms with E-state index in [4.69, 9.17) is 15.6 Å². The Morgan fingerprint density at radius 3 is 2.93 bits per heavy atom. The van der Waals surface area contributed by atoms with Crippen molar-refractivity contribution in [3.05, 3.63) is 35.2 Å². The van der Waals surface area contributed by atoms with Gasteiger partial charge in [-0.15, -0.1) is 10.2 Å². The first kappa shape index (κ1) is 19.3. The molecule has 0 fully saturated rings. The van der Waals surface area contributed by atoms with Crippen molar-refractivity contribution in [2.45, 2.75) is 18.9 Å². The predicted molar refractivity (Wildman–Crippen MR) is 92.8 cm³/mol. The average molecular weight is 389 g/mol. The van der Waals surface area contributed by atoms with Crippen molar-refractivity contribution in [3.63, 3.8) is 0 Å². The number of carbonyl (C=O) groups excluding carboxylic acids is 1. The summed E-state index contributed by atoms with van der Waals surface area (Å²) in [6, 6.07) is 4.50. The second-order valence-corrected chi connectivity index (χ2v) is 5.84. The molecule has 1 aromatic carbocycles. The largest absolute Gasteiger partial charge is 0.547 e. The van der Waals surface area contributed by atoms with Crippen LogP contribution in [0.4, 0.5) is 0 Å². The highest BCUT2D eigenvalue weighted by molar-refractivity contribution is 6.50. The minimum Gasteiger partial charge on any atom is -0.534 e. The van der Waals surface area contributed by atoms with Crippen molar-refractivity contribution in [2.24, 2.45) is 10.9 Å². The Balaban J connectivity index is 1.76. The minimum absolute atomic E-state index is 0.0374. The molecule has 1 atom stereocenters. The molecule has 2 aromatic rings. The first-order valence-corrected chi connectivity index (χ1v) is 8.15. The standard InChI is InChI=1S/C14H16BN7O6/c16-4-5-22-19-12(18-21-22)10(20-27)13(23)17-9-6-7-2-1-3-8(14(24)25)11(7)28-15(9)26/h1-3,9,26-27H,4-6,16H2,(H,17,23)(H,24,25)/t9-/m0/s1. The number of carboxylic acid groups (broad SMARTS) is 1. The number of benzene rings is 1. The molecule has 28 heavy (non-hydrogen) atoms. The van der Waals surface area contributed by atoms with Crippen molar-refractivity contribution in [1.82, 2.24) is 25.5 Å². The van der Waals surface area contributed by atoms with Gasteiger partial charge in [-0.1, -0.05) is 17.3 Å². The van der Waals surface area contributed by atoms with Gasteiger partial charge < -0.3 is 31.0 Å². The van der Waals surface area contributed by atoms with E-state index in [0.717, 1.165) is 4.80 Å². The summed E-state index contributed by atoms with van der Waals surface area (Å²) >= 11 is 0. The smallest absolute Gasteiger partial charge is 0.534 e. The number of nitrogens with two attached hydrogens (primary N) is 1. The molecular formula is C14H16BN7O6. The SMILES string of the molecule is NCCn1nnc(C(=NO)C(=O)N[C@H]2Cc3cccc(C(=O)O)c3OB2O)n1. The fraction of sp³-hybridized carbons (Fsp3) is 0.286. The highest BCUT2D eigenvalue weighted by Gasteiger charge is 2.38. The second kappa shape index (κ2) is 8.02. The van der Waals surface area contributed by atoms with E-state index in [9.17, 15) is 19.7 Å². The first-order chi connectivity index (χ1) is 13.4. The summed E-state index contributed by atoms with van der Waals surface area (Å²) in [5.74, 6) is -3.20. The lowest BCUT2D eigenvalue weighted by atomic mass is 9.72. The van der Waals surface area contributed by atoms with Crippen LogP contribution in [-0.4, -0.2) is 72.7 Å². The van der Waals surface area contributed by atoms with E-state index in [2.05, 4.69) is 25.9 Å². The Labute approximate surface area is 157 Å². The summed E-state index contributed by atoms with van der Waals surface area (Å²) in [7, 11) is -1.52. The highest BCUT2D eigenvalue weighted by atomic mass is 16.5. The summed E-state index contributed by atoms with van der Waals surface area (Å²) in [5.41, 5.74) is 5.26. The van der Waals surface area contributed by atoms with E-state index in [1.54, 1.807) is 6.07 Å². The lowest BCUT2D eigenvalue weighted by Gasteiger charge is -2.28. The van der Waals surface area contributed by atoms with Gasteiger partial charge in [-0.3, -0.25) is 4.79 Å². The number of tetrazole rings is 1. The number of fused-ring (bicyclic) bond motifs is 1. The zero-order valence-corrected chi connectivity index (χ0v) is 14.4. The maximum Gasteiger partial charge on any atom is 0.547 e. The van der Waals surface area contributed by atoms with Crippen molar-refractivity contribution in [2.75, 3.05) is 6.54 Å². The number of aromatic nitrogens is 4. The van der Waals surface area contributed by atoms with Crippen LogP contribution in [0.25, 0.3) is 0 Å². The highest BCUT2D eigenvalue weighted by Crippen LogP contribution is 2.30. The zero-order valence-electron chi connectivity index (χ0n) is 14.4. The lowest BCUT2D eigenvalue weighted by molar-refractivity contribution is -0.115. The van der Waals surface area contributed by atoms with Gasteiger partial charge in [0.05, 0.1) is 18.0 Å². The quantitative estimate of drug-likeness (QED) is 0.154. The van der Waals surface area contributed by atoms with E-state index < -0.39 is 30.6 Å². The van der Waals surface area contributed by atoms with Crippen LogP contribution < -0.4 is 15.7 Å². The molecule has 1 aliphatic heterocycles. The monoisotopic (exact) mass is 389 g/mol. The third-order valence-electron chi connectivity index (χ3n) is 3.97. The summed E-state index contributed by atoms with van der Waals surface area (Å²) in [6.07, 6.45) is 0.0926. The van der Waals surface area contributed by atoms with Crippen LogP contribution in [0.2, 0.25) is 0 Å². The molecule has 14 heteroatoms. The van der Waals surface area contributed by atoms with Gasteiger partial charge in [-0.2, -0.15) is 4.80 Å². The van der Waals surface area contributed by atoms with E-state index in [1.165, 1.54) is 12.1 Å². The molecule has 0 spiro atoms. The van der Waals surface area contributed by atoms with Gasteiger partial charge in [0.1, 0.15) is 5.75 Å². The van der Waals surface area contributed by atoms with Crippen LogP contribution in [0.5, 0.6) is 5.75 Å². The molecule has 3 rings (SSSR count). The van der Waals surface area contributed by atoms with E-state index in [0.29, 0.717) is 5.56 Å². The summed E-state index contributed by atoms with van der Waals surface area (Å²) in [5, 5.41) is 45.1. The number of aromatic carboxylic acids is 1. The molecule has 0 aliphatic carbocycles. The molecule has 146 valence electrons. The Morgan fingerprint density at radius 1 is 1.46 bits per heavy atom. The van der Waals surface area contributed by atoms with Crippen molar-refractivity contribution < 1.29 is 29.6 Å². The van der Waals surface area contributed by atoms with Gasteiger partial charge >= 0.3 is 13.1 Å². The summed E-state index contributed by atoms with van der Waals surface area (Å²) in [4.78, 5) is 24.8. The number of para-hydroxylation sites is 1. The number of nitrogens with zero attached hydrogens (tertiary/aromatic N) is 5. The molecule has 0 bridgehead atoms. The Hall–Kier alpha value is -3.52. The minimum atomic E-state index is -1.52. The number of hydrogen-bond donors (Lipinski definition) is 5. The van der Waals surface area contributed by atoms with E-state index >= 15 is 0 Å². The number of oxime groups is 1. The van der Waals surface area contributed by atoms with Gasteiger partial charge in [-0.05, 0) is 23.3 Å². The number of rotatable bonds is 6. The van der Waals surface area contributed by atoms with Gasteiger partial charge in [0.15, 0.2) is 0 Å². The van der Waals surface area contributed by atoms with Crippen LogP contribution in [0.3, 0.4) is 0 Å². The zero-order chi connectivity index (χ0) is 20.3. The van der Waals surface area contributed by atoms with Crippen molar-refractivity contribution >= 4 is 24.7 Å². The lowest BCUT2D eigenvalue weighted by Crippen LogP contribution is -2.54. The van der Waals surface area contributed by atoms with E-state index in [1.807, 2.05) is 0 Å². The maximum absolute atomic E-state index is 12.4. The number of hydrogen-bond acceptors (Lipinski definition) is 10. The second-order valence-electron chi connectivity index (χ2n) is 5.84. The van der Waals surface area contributed by atoms with Gasteiger partial charge in [0.2, 0.25) is 11.5 Å². The number of carboxylic acids is 1. The Bertz CT molecular complexity index is 933. The topological polar surface area (TPSA) is 198 Å². The molecule has 2 heterocycles. The molecule has 13 nitrogen and oxygen atoms in total. The first-order valence-electron chi connectivity index (χ1n) is 8.15. The van der Waals surface area contributed by atoms with Crippen LogP contribution in [0.15, 0.2) is 23.4 Å². The molecule has 1 amide bonds. The summed E-state index contributed by atoms with van der Waals surface area (Å²) in [6.45, 7) is 0.502. The molecule has 0 saturated carbocycles. The third-order valence-corrected chi connectivity index (χ3v) is 3.97. The van der Waals surface area contributed by atoms with Gasteiger partial charge in [-0.25, -0.2) is 4.79 Å². The average Bonchev–Trinajstić information content (AvgIpc) is 3.11. The Kier molecular flexibility index (Phi) is 5.51. The van der Waals surface area contributed by atoms with Crippen LogP contribution in [-0.2, 0) is 17.8 Å². The molecule has 1 aromatic heterocycles. The molecule has 0 unspecified atom stereocenters. The molecule has 0 radical (unpaired) electrons. The van der Waals surface area contributed by atoms with Crippen LogP contribution in [0.1, 0.15) is 21.7 Å². The summed E-state index contributed by atoms with van der Waals surface area (Å²) < 4.78 is 5.29. The number of amides is 1. The molecule has 6 N–H and O–H groups in total. The Morgan fingerprint density at radius 2 is 2.25 bits per heavy atom. The predicted octanol–water partition coefficient (Wildman–Crippen LogP) is -2.35. The fourth-order valence-electron chi connectivity index (χ4n) is 2.69. The molecular weight excluding hydrogens is 373 g/mol. The van der Waals surface area contributed by atoms with E-state index in [-0.39, 0.29) is 36.6 Å². The van der Waals surface area contributed by atoms with Gasteiger partial charge in [0, 0.05) is 6.54 Å². The maximum atomic E-state index is 12.4. The third kappa shape index (κ3) is 3.77. The number of nitrogens with one attached hydrogen (secondary N) is 1. The van der Waals surface area contributed by atoms with Gasteiger partial charge in [0.25, 0.3) is 5.91 Å². The van der Waals surface area contributed by atoms with Crippen molar-refractivity contribution in [1.29, 1.82) is 0 Å². The molecule has 1 aliphatic rings. The number of carbonyl (C=O) groups is 2. The molecule has 0 saturated heterocycles. The van der Waals surface area contributed by atoms with Crippen LogP contribution >= 0.6 is 0 Å². The van der Waals surface area contributed by atoms with Crippen LogP contribution in [0, 0.1) is 0 Å². The normalized spacial score (nSPS) is 16.3.